The van der Waals surface area contributed by atoms with E-state index in [0.717, 1.165) is 0 Å². The number of hydrogen-bond acceptors (Lipinski definition) is 5. The fourth-order valence-corrected chi connectivity index (χ4v) is 0.792. The second-order valence-corrected chi connectivity index (χ2v) is 2.95. The van der Waals surface area contributed by atoms with E-state index in [9.17, 15) is 9.36 Å². The second kappa shape index (κ2) is 6.49. The normalized spacial score (nSPS) is 12.9. The van der Waals surface area contributed by atoms with Gasteiger partial charge in [0.25, 0.3) is 0 Å². The molecule has 0 rings (SSSR count). The first-order valence-electron chi connectivity index (χ1n) is 3.04. The third-order valence-electron chi connectivity index (χ3n) is 0.908. The Bertz CT molecular complexity index is 146. The maximum Gasteiger partial charge on any atom is 0.319 e. The van der Waals surface area contributed by atoms with Crippen LogP contribution in [0.3, 0.4) is 0 Å². The Morgan fingerprint density at radius 1 is 1.64 bits per heavy atom. The molecular formula is C5H11O5P. The van der Waals surface area contributed by atoms with E-state index in [1.165, 1.54) is 7.11 Å². The third kappa shape index (κ3) is 6.19. The van der Waals surface area contributed by atoms with E-state index in [4.69, 9.17) is 5.11 Å². The van der Waals surface area contributed by atoms with Crippen LogP contribution in [-0.2, 0) is 18.4 Å². The topological polar surface area (TPSA) is 72.8 Å². The van der Waals surface area contributed by atoms with E-state index >= 15 is 0 Å². The van der Waals surface area contributed by atoms with Crippen molar-refractivity contribution < 1.29 is 23.5 Å². The van der Waals surface area contributed by atoms with Crippen molar-refractivity contribution in [3.63, 3.8) is 0 Å². The van der Waals surface area contributed by atoms with Gasteiger partial charge in [0.15, 0.2) is 5.78 Å². The lowest BCUT2D eigenvalue weighted by Gasteiger charge is -1.99. The molecule has 0 saturated carbocycles. The van der Waals surface area contributed by atoms with Crippen LogP contribution in [0, 0.1) is 0 Å². The molecule has 1 N–H and O–H groups in total. The number of carbonyl (C=O) groups excluding carboxylic acids is 1. The lowest BCUT2D eigenvalue weighted by atomic mass is 10.3. The molecule has 0 bridgehead atoms. The summed E-state index contributed by atoms with van der Waals surface area (Å²) in [5.74, 6) is -0.289. The van der Waals surface area contributed by atoms with Gasteiger partial charge in [-0.2, -0.15) is 0 Å². The highest BCUT2D eigenvalue weighted by Crippen LogP contribution is 2.20. The fraction of sp³-hybridized carbons (Fsp3) is 0.800. The minimum Gasteiger partial charge on any atom is -0.396 e. The molecule has 0 amide bonds. The quantitative estimate of drug-likeness (QED) is 0.585. The van der Waals surface area contributed by atoms with Crippen LogP contribution in [0.1, 0.15) is 6.42 Å². The second-order valence-electron chi connectivity index (χ2n) is 1.76. The van der Waals surface area contributed by atoms with Crippen LogP contribution < -0.4 is 0 Å². The fourth-order valence-electron chi connectivity index (χ4n) is 0.395. The van der Waals surface area contributed by atoms with E-state index in [2.05, 4.69) is 9.05 Å². The molecule has 0 aliphatic rings. The van der Waals surface area contributed by atoms with Crippen LogP contribution in [0.25, 0.3) is 0 Å². The average Bonchev–Trinajstić information content (AvgIpc) is 2.01. The predicted octanol–water partition coefficient (Wildman–Crippen LogP) is -0.00940. The number of rotatable bonds is 6. The summed E-state index contributed by atoms with van der Waals surface area (Å²) in [6.07, 6.45) is 0.0266. The smallest absolute Gasteiger partial charge is 0.319 e. The van der Waals surface area contributed by atoms with Gasteiger partial charge in [-0.05, 0) is 0 Å². The molecule has 0 radical (unpaired) electrons. The summed E-state index contributed by atoms with van der Waals surface area (Å²) in [5.41, 5.74) is 0. The molecule has 5 nitrogen and oxygen atoms in total. The van der Waals surface area contributed by atoms with E-state index in [1.807, 2.05) is 0 Å². The molecule has 0 aromatic carbocycles. The molecule has 0 saturated heterocycles. The minimum atomic E-state index is -2.49. The van der Waals surface area contributed by atoms with Gasteiger partial charge in [0.05, 0.1) is 6.61 Å². The molecule has 0 aromatic heterocycles. The van der Waals surface area contributed by atoms with Crippen molar-refractivity contribution in [2.75, 3.05) is 20.3 Å². The van der Waals surface area contributed by atoms with Crippen LogP contribution in [0.15, 0.2) is 0 Å². The monoisotopic (exact) mass is 182 g/mol. The largest absolute Gasteiger partial charge is 0.396 e. The summed E-state index contributed by atoms with van der Waals surface area (Å²) >= 11 is 0. The molecule has 0 heterocycles. The molecule has 0 aliphatic heterocycles. The average molecular weight is 182 g/mol. The summed E-state index contributed by atoms with van der Waals surface area (Å²) in [6.45, 7) is -0.470. The Kier molecular flexibility index (Phi) is 6.36. The molecule has 0 aromatic rings. The Hall–Kier alpha value is -0.220. The molecule has 1 atom stereocenters. The van der Waals surface area contributed by atoms with Gasteiger partial charge in [0.1, 0.15) is 6.61 Å². The van der Waals surface area contributed by atoms with E-state index < -0.39 is 8.25 Å². The van der Waals surface area contributed by atoms with Crippen LogP contribution in [0.2, 0.25) is 0 Å². The predicted molar refractivity (Wildman–Crippen MR) is 38.7 cm³/mol. The Morgan fingerprint density at radius 2 is 2.27 bits per heavy atom. The molecule has 0 aliphatic carbocycles. The van der Waals surface area contributed by atoms with Gasteiger partial charge in [-0.15, -0.1) is 0 Å². The van der Waals surface area contributed by atoms with Crippen molar-refractivity contribution in [1.29, 1.82) is 0 Å². The molecule has 0 spiro atoms. The Labute approximate surface area is 65.3 Å². The molecular weight excluding hydrogens is 171 g/mol. The molecule has 6 heteroatoms. The SMILES string of the molecule is CO[PH](=O)OCC(=O)CCO. The standard InChI is InChI=1S/C5H11O5P/c1-9-11(8)10-4-5(7)2-3-6/h6,11H,2-4H2,1H3. The third-order valence-corrected chi connectivity index (χ3v) is 1.62. The Balaban J connectivity index is 3.38. The Morgan fingerprint density at radius 3 is 2.73 bits per heavy atom. The van der Waals surface area contributed by atoms with Gasteiger partial charge in [-0.25, -0.2) is 0 Å². The maximum absolute atomic E-state index is 10.6. The number of carbonyl (C=O) groups is 1. The molecule has 11 heavy (non-hydrogen) atoms. The van der Waals surface area contributed by atoms with Gasteiger partial charge in [-0.3, -0.25) is 9.36 Å². The van der Waals surface area contributed by atoms with Crippen molar-refractivity contribution in [1.82, 2.24) is 0 Å². The number of Topliss-reactive ketones (excluding diaryl/α,β-unsaturated/α-hetero) is 1. The zero-order chi connectivity index (χ0) is 8.69. The summed E-state index contributed by atoms with van der Waals surface area (Å²) in [4.78, 5) is 10.6. The van der Waals surface area contributed by atoms with Crippen LogP contribution in [-0.4, -0.2) is 31.2 Å². The minimum absolute atomic E-state index is 0.0266. The summed E-state index contributed by atoms with van der Waals surface area (Å²) in [6, 6.07) is 0. The highest BCUT2D eigenvalue weighted by molar-refractivity contribution is 7.33. The summed E-state index contributed by atoms with van der Waals surface area (Å²) < 4.78 is 19.2. The van der Waals surface area contributed by atoms with Crippen molar-refractivity contribution in [2.45, 2.75) is 6.42 Å². The van der Waals surface area contributed by atoms with Gasteiger partial charge in [-0.1, -0.05) is 0 Å². The molecule has 1 unspecified atom stereocenters. The van der Waals surface area contributed by atoms with Crippen molar-refractivity contribution in [3.05, 3.63) is 0 Å². The first kappa shape index (κ1) is 10.8. The van der Waals surface area contributed by atoms with Crippen molar-refractivity contribution >= 4 is 14.0 Å². The van der Waals surface area contributed by atoms with Crippen LogP contribution >= 0.6 is 8.25 Å². The zero-order valence-electron chi connectivity index (χ0n) is 6.20. The van der Waals surface area contributed by atoms with Crippen molar-refractivity contribution in [2.24, 2.45) is 0 Å². The maximum atomic E-state index is 10.6. The number of ketones is 1. The zero-order valence-corrected chi connectivity index (χ0v) is 7.20. The van der Waals surface area contributed by atoms with E-state index in [1.54, 1.807) is 0 Å². The lowest BCUT2D eigenvalue weighted by Crippen LogP contribution is -2.07. The summed E-state index contributed by atoms with van der Waals surface area (Å²) in [5, 5.41) is 8.28. The lowest BCUT2D eigenvalue weighted by molar-refractivity contribution is -0.121. The van der Waals surface area contributed by atoms with Crippen LogP contribution in [0.5, 0.6) is 0 Å². The summed E-state index contributed by atoms with van der Waals surface area (Å²) in [7, 11) is -1.26. The van der Waals surface area contributed by atoms with Gasteiger partial charge < -0.3 is 14.2 Å². The van der Waals surface area contributed by atoms with Gasteiger partial charge in [0.2, 0.25) is 0 Å². The van der Waals surface area contributed by atoms with E-state index in [-0.39, 0.29) is 25.4 Å². The number of aliphatic hydroxyl groups excluding tert-OH is 1. The van der Waals surface area contributed by atoms with E-state index in [0.29, 0.717) is 0 Å². The molecule has 66 valence electrons. The van der Waals surface area contributed by atoms with Gasteiger partial charge in [0, 0.05) is 13.5 Å². The van der Waals surface area contributed by atoms with Crippen LogP contribution in [0.4, 0.5) is 0 Å². The first-order valence-corrected chi connectivity index (χ1v) is 4.26. The number of aliphatic hydroxyl groups is 1. The highest BCUT2D eigenvalue weighted by Gasteiger charge is 2.03. The first-order chi connectivity index (χ1) is 5.20. The molecule has 0 fully saturated rings. The van der Waals surface area contributed by atoms with Crippen molar-refractivity contribution in [3.8, 4) is 0 Å². The van der Waals surface area contributed by atoms with Gasteiger partial charge >= 0.3 is 8.25 Å². The number of hydrogen-bond donors (Lipinski definition) is 1. The highest BCUT2D eigenvalue weighted by atomic mass is 31.1.